The lowest BCUT2D eigenvalue weighted by molar-refractivity contribution is 0.0645. The van der Waals surface area contributed by atoms with Crippen molar-refractivity contribution in [3.05, 3.63) is 23.0 Å². The van der Waals surface area contributed by atoms with E-state index >= 15 is 0 Å². The maximum atomic E-state index is 12.5. The maximum Gasteiger partial charge on any atom is 0.256 e. The molecule has 0 radical (unpaired) electrons. The summed E-state index contributed by atoms with van der Waals surface area (Å²) in [5, 5.41) is 0.305. The molecule has 2 aliphatic heterocycles. The van der Waals surface area contributed by atoms with E-state index in [1.807, 2.05) is 4.90 Å². The van der Waals surface area contributed by atoms with Gasteiger partial charge in [-0.05, 0) is 44.8 Å². The minimum Gasteiger partial charge on any atom is -0.397 e. The third kappa shape index (κ3) is 3.14. The second-order valence-corrected chi connectivity index (χ2v) is 6.25. The summed E-state index contributed by atoms with van der Waals surface area (Å²) >= 11 is 5.87. The molecule has 1 aromatic heterocycles. The van der Waals surface area contributed by atoms with Crippen molar-refractivity contribution >= 4 is 23.2 Å². The smallest absolute Gasteiger partial charge is 0.256 e. The molecule has 0 atom stereocenters. The fourth-order valence-corrected chi connectivity index (χ4v) is 3.49. The van der Waals surface area contributed by atoms with Crippen LogP contribution in [0.15, 0.2) is 12.3 Å². The number of pyridine rings is 1. The highest BCUT2D eigenvalue weighted by molar-refractivity contribution is 6.29. The molecule has 0 unspecified atom stereocenters. The number of carbonyl (C=O) groups is 1. The number of amides is 1. The number of nitrogen functional groups attached to an aromatic ring is 1. The molecule has 0 spiro atoms. The van der Waals surface area contributed by atoms with Crippen LogP contribution in [0.5, 0.6) is 0 Å². The van der Waals surface area contributed by atoms with Crippen molar-refractivity contribution in [2.75, 3.05) is 31.9 Å². The lowest BCUT2D eigenvalue weighted by Gasteiger charge is -2.36. The van der Waals surface area contributed by atoms with Crippen molar-refractivity contribution in [1.82, 2.24) is 14.8 Å². The first-order valence-corrected chi connectivity index (χ1v) is 7.97. The highest BCUT2D eigenvalue weighted by atomic mass is 35.5. The number of nitrogens with two attached hydrogens (primary N) is 1. The Bertz CT molecular complexity index is 522. The summed E-state index contributed by atoms with van der Waals surface area (Å²) in [6.07, 6.45) is 6.16. The van der Waals surface area contributed by atoms with E-state index in [4.69, 9.17) is 17.3 Å². The topological polar surface area (TPSA) is 62.5 Å². The van der Waals surface area contributed by atoms with Crippen molar-refractivity contribution in [3.8, 4) is 0 Å². The van der Waals surface area contributed by atoms with E-state index in [2.05, 4.69) is 9.88 Å². The van der Waals surface area contributed by atoms with Gasteiger partial charge in [0.1, 0.15) is 5.15 Å². The summed E-state index contributed by atoms with van der Waals surface area (Å²) in [6.45, 7) is 4.01. The summed E-state index contributed by atoms with van der Waals surface area (Å²) < 4.78 is 0. The van der Waals surface area contributed by atoms with Gasteiger partial charge in [-0.2, -0.15) is 0 Å². The van der Waals surface area contributed by atoms with Gasteiger partial charge in [0.25, 0.3) is 5.91 Å². The molecule has 0 bridgehead atoms. The van der Waals surface area contributed by atoms with Crippen LogP contribution >= 0.6 is 11.6 Å². The fraction of sp³-hybridized carbons (Fsp3) is 0.600. The second kappa shape index (κ2) is 6.20. The molecule has 2 N–H and O–H groups in total. The average Bonchev–Trinajstić information content (AvgIpc) is 3.03. The van der Waals surface area contributed by atoms with Crippen molar-refractivity contribution < 1.29 is 4.79 Å². The molecule has 2 aliphatic rings. The molecule has 0 aliphatic carbocycles. The standard InChI is InChI=1S/C15H21ClN4O/c16-14-9-12(13(17)10-18-14)15(21)20-7-3-11(4-8-20)19-5-1-2-6-19/h9-11H,1-8,17H2. The minimum atomic E-state index is -0.0309. The number of anilines is 1. The first-order valence-electron chi connectivity index (χ1n) is 7.59. The summed E-state index contributed by atoms with van der Waals surface area (Å²) in [5.41, 5.74) is 6.71. The van der Waals surface area contributed by atoms with E-state index in [9.17, 15) is 4.79 Å². The second-order valence-electron chi connectivity index (χ2n) is 5.86. The van der Waals surface area contributed by atoms with E-state index in [0.29, 0.717) is 22.4 Å². The van der Waals surface area contributed by atoms with Gasteiger partial charge < -0.3 is 15.5 Å². The highest BCUT2D eigenvalue weighted by Crippen LogP contribution is 2.24. The number of hydrogen-bond acceptors (Lipinski definition) is 4. The third-order valence-corrected chi connectivity index (χ3v) is 4.75. The molecule has 5 nitrogen and oxygen atoms in total. The van der Waals surface area contributed by atoms with Crippen molar-refractivity contribution in [3.63, 3.8) is 0 Å². The van der Waals surface area contributed by atoms with Gasteiger partial charge in [-0.3, -0.25) is 4.79 Å². The average molecular weight is 309 g/mol. The molecule has 21 heavy (non-hydrogen) atoms. The van der Waals surface area contributed by atoms with E-state index in [1.165, 1.54) is 32.1 Å². The number of nitrogens with zero attached hydrogens (tertiary/aromatic N) is 3. The Morgan fingerprint density at radius 1 is 1.24 bits per heavy atom. The van der Waals surface area contributed by atoms with Crippen LogP contribution < -0.4 is 5.73 Å². The molecular weight excluding hydrogens is 288 g/mol. The molecule has 0 saturated carbocycles. The van der Waals surface area contributed by atoms with Crippen LogP contribution in [0.3, 0.4) is 0 Å². The number of piperidine rings is 1. The predicted molar refractivity (Wildman–Crippen MR) is 83.4 cm³/mol. The Morgan fingerprint density at radius 2 is 1.90 bits per heavy atom. The number of halogens is 1. The Balaban J connectivity index is 1.63. The summed E-state index contributed by atoms with van der Waals surface area (Å²) in [4.78, 5) is 20.9. The highest BCUT2D eigenvalue weighted by Gasteiger charge is 2.29. The van der Waals surface area contributed by atoms with Crippen LogP contribution in [-0.4, -0.2) is 52.9 Å². The Labute approximate surface area is 130 Å². The molecule has 6 heteroatoms. The lowest BCUT2D eigenvalue weighted by Crippen LogP contribution is -2.46. The molecule has 3 rings (SSSR count). The lowest BCUT2D eigenvalue weighted by atomic mass is 10.0. The van der Waals surface area contributed by atoms with Crippen LogP contribution in [0.4, 0.5) is 5.69 Å². The van der Waals surface area contributed by atoms with Gasteiger partial charge in [0, 0.05) is 19.1 Å². The molecule has 114 valence electrons. The van der Waals surface area contributed by atoms with Gasteiger partial charge in [-0.15, -0.1) is 0 Å². The van der Waals surface area contributed by atoms with Gasteiger partial charge in [0.15, 0.2) is 0 Å². The quantitative estimate of drug-likeness (QED) is 0.849. The molecule has 1 aromatic rings. The number of carbonyl (C=O) groups excluding carboxylic acids is 1. The summed E-state index contributed by atoms with van der Waals surface area (Å²) in [6, 6.07) is 2.20. The van der Waals surface area contributed by atoms with E-state index in [1.54, 1.807) is 6.07 Å². The van der Waals surface area contributed by atoms with Crippen LogP contribution in [0.25, 0.3) is 0 Å². The SMILES string of the molecule is Nc1cnc(Cl)cc1C(=O)N1CCC(N2CCCC2)CC1. The molecule has 1 amide bonds. The van der Waals surface area contributed by atoms with Gasteiger partial charge in [-0.25, -0.2) is 4.98 Å². The first kappa shape index (κ1) is 14.6. The predicted octanol–water partition coefficient (Wildman–Crippen LogP) is 2.02. The van der Waals surface area contributed by atoms with Crippen LogP contribution in [-0.2, 0) is 0 Å². The number of likely N-dealkylation sites (tertiary alicyclic amines) is 2. The monoisotopic (exact) mass is 308 g/mol. The number of aromatic nitrogens is 1. The van der Waals surface area contributed by atoms with Crippen LogP contribution in [0.2, 0.25) is 5.15 Å². The molecular formula is C15H21ClN4O. The first-order chi connectivity index (χ1) is 10.1. The fourth-order valence-electron chi connectivity index (χ4n) is 3.34. The zero-order chi connectivity index (χ0) is 14.8. The van der Waals surface area contributed by atoms with Crippen molar-refractivity contribution in [2.24, 2.45) is 0 Å². The van der Waals surface area contributed by atoms with Crippen LogP contribution in [0, 0.1) is 0 Å². The zero-order valence-electron chi connectivity index (χ0n) is 12.1. The summed E-state index contributed by atoms with van der Waals surface area (Å²) in [5.74, 6) is -0.0309. The van der Waals surface area contributed by atoms with Crippen LogP contribution in [0.1, 0.15) is 36.0 Å². The van der Waals surface area contributed by atoms with E-state index in [0.717, 1.165) is 25.9 Å². The summed E-state index contributed by atoms with van der Waals surface area (Å²) in [7, 11) is 0. The van der Waals surface area contributed by atoms with Gasteiger partial charge in [0.05, 0.1) is 17.4 Å². The molecule has 2 saturated heterocycles. The minimum absolute atomic E-state index is 0.0309. The number of rotatable bonds is 2. The zero-order valence-corrected chi connectivity index (χ0v) is 12.9. The van der Waals surface area contributed by atoms with E-state index < -0.39 is 0 Å². The molecule has 2 fully saturated rings. The van der Waals surface area contributed by atoms with Gasteiger partial charge in [-0.1, -0.05) is 11.6 Å². The van der Waals surface area contributed by atoms with Crippen molar-refractivity contribution in [1.29, 1.82) is 0 Å². The van der Waals surface area contributed by atoms with Gasteiger partial charge >= 0.3 is 0 Å². The largest absolute Gasteiger partial charge is 0.397 e. The Morgan fingerprint density at radius 3 is 2.57 bits per heavy atom. The maximum absolute atomic E-state index is 12.5. The normalized spacial score (nSPS) is 20.9. The molecule has 3 heterocycles. The van der Waals surface area contributed by atoms with Crippen molar-refractivity contribution in [2.45, 2.75) is 31.7 Å². The number of hydrogen-bond donors (Lipinski definition) is 1. The Kier molecular flexibility index (Phi) is 4.31. The molecule has 0 aromatic carbocycles. The van der Waals surface area contributed by atoms with E-state index in [-0.39, 0.29) is 5.91 Å². The Hall–Kier alpha value is -1.33. The third-order valence-electron chi connectivity index (χ3n) is 4.54. The van der Waals surface area contributed by atoms with Gasteiger partial charge in [0.2, 0.25) is 0 Å².